The largest absolute Gasteiger partial charge is 0.390 e. The lowest BCUT2D eigenvalue weighted by molar-refractivity contribution is -0.420. The van der Waals surface area contributed by atoms with Crippen molar-refractivity contribution in [1.82, 2.24) is 10.6 Å². The molecule has 0 unspecified atom stereocenters. The van der Waals surface area contributed by atoms with E-state index in [2.05, 4.69) is 10.6 Å². The number of hydrogen-bond donors (Lipinski definition) is 5. The van der Waals surface area contributed by atoms with E-state index in [9.17, 15) is 20.1 Å². The van der Waals surface area contributed by atoms with E-state index in [-0.39, 0.29) is 57.4 Å². The normalized spacial score (nSPS) is 47.4. The van der Waals surface area contributed by atoms with Gasteiger partial charge < -0.3 is 40.2 Å². The highest BCUT2D eigenvalue weighted by Gasteiger charge is 2.63. The van der Waals surface area contributed by atoms with Crippen molar-refractivity contribution in [2.24, 2.45) is 0 Å². The molecule has 9 atom stereocenters. The molecule has 12 heteroatoms. The van der Waals surface area contributed by atoms with Gasteiger partial charge in [-0.25, -0.2) is 0 Å². The molecule has 0 aromatic heterocycles. The maximum Gasteiger partial charge on any atom is 0.280 e. The molecular formula is C14H27Br3N2O7. The van der Waals surface area contributed by atoms with Gasteiger partial charge in [0.15, 0.2) is 5.78 Å². The van der Waals surface area contributed by atoms with E-state index < -0.39 is 60.5 Å². The highest BCUT2D eigenvalue weighted by Crippen LogP contribution is 2.40. The van der Waals surface area contributed by atoms with E-state index in [1.54, 1.807) is 21.0 Å². The Morgan fingerprint density at radius 2 is 1.58 bits per heavy atom. The van der Waals surface area contributed by atoms with Crippen LogP contribution in [-0.2, 0) is 19.0 Å². The smallest absolute Gasteiger partial charge is 0.280 e. The van der Waals surface area contributed by atoms with E-state index in [0.29, 0.717) is 0 Å². The van der Waals surface area contributed by atoms with Gasteiger partial charge in [-0.2, -0.15) is 0 Å². The van der Waals surface area contributed by atoms with E-state index in [1.807, 2.05) is 0 Å². The van der Waals surface area contributed by atoms with Crippen molar-refractivity contribution in [2.45, 2.75) is 68.0 Å². The van der Waals surface area contributed by atoms with Crippen LogP contribution < -0.4 is 10.6 Å². The molecule has 2 aliphatic heterocycles. The summed E-state index contributed by atoms with van der Waals surface area (Å²) < 4.78 is 16.8. The fraction of sp³-hybridized carbons (Fsp3) is 0.929. The van der Waals surface area contributed by atoms with Gasteiger partial charge in [0.25, 0.3) is 5.79 Å². The minimum absolute atomic E-state index is 0. The molecule has 3 aliphatic rings. The van der Waals surface area contributed by atoms with Crippen molar-refractivity contribution in [3.05, 3.63) is 0 Å². The van der Waals surface area contributed by atoms with Crippen LogP contribution >= 0.6 is 50.9 Å². The Morgan fingerprint density at radius 1 is 1.00 bits per heavy atom. The number of nitrogens with one attached hydrogen (secondary N) is 2. The lowest BCUT2D eigenvalue weighted by Gasteiger charge is -2.55. The molecule has 0 aromatic carbocycles. The first-order valence-electron chi connectivity index (χ1n) is 7.78. The second kappa shape index (κ2) is 10.0. The molecule has 5 N–H and O–H groups in total. The van der Waals surface area contributed by atoms with Gasteiger partial charge >= 0.3 is 0 Å². The van der Waals surface area contributed by atoms with Crippen LogP contribution in [0.4, 0.5) is 0 Å². The Labute approximate surface area is 183 Å². The monoisotopic (exact) mass is 572 g/mol. The van der Waals surface area contributed by atoms with Crippen LogP contribution in [0.2, 0.25) is 0 Å². The zero-order valence-electron chi connectivity index (χ0n) is 14.5. The molecule has 156 valence electrons. The van der Waals surface area contributed by atoms with Gasteiger partial charge in [0, 0.05) is 6.42 Å². The summed E-state index contributed by atoms with van der Waals surface area (Å²) in [5.74, 6) is -2.76. The average molecular weight is 575 g/mol. The first-order valence-corrected chi connectivity index (χ1v) is 7.78. The van der Waals surface area contributed by atoms with Crippen molar-refractivity contribution >= 4 is 56.7 Å². The number of ether oxygens (including phenoxy) is 3. The van der Waals surface area contributed by atoms with Gasteiger partial charge in [0.1, 0.15) is 18.3 Å². The predicted octanol–water partition coefficient (Wildman–Crippen LogP) is -1.19. The number of fused-ring (bicyclic) bond motifs is 2. The van der Waals surface area contributed by atoms with Gasteiger partial charge in [0.05, 0.1) is 24.3 Å². The molecule has 0 bridgehead atoms. The number of halogens is 3. The van der Waals surface area contributed by atoms with Crippen molar-refractivity contribution in [2.75, 3.05) is 14.1 Å². The molecule has 26 heavy (non-hydrogen) atoms. The van der Waals surface area contributed by atoms with E-state index in [1.165, 1.54) is 0 Å². The molecule has 0 aromatic rings. The zero-order chi connectivity index (χ0) is 16.9. The summed E-state index contributed by atoms with van der Waals surface area (Å²) in [5, 5.41) is 37.2. The Kier molecular flexibility index (Phi) is 10.3. The van der Waals surface area contributed by atoms with Gasteiger partial charge in [-0.15, -0.1) is 50.9 Å². The number of hydrogen-bond acceptors (Lipinski definition) is 9. The van der Waals surface area contributed by atoms with Crippen LogP contribution in [0.3, 0.4) is 0 Å². The number of aliphatic hydroxyl groups excluding tert-OH is 2. The average Bonchev–Trinajstić information content (AvgIpc) is 2.49. The van der Waals surface area contributed by atoms with Gasteiger partial charge in [0.2, 0.25) is 6.29 Å². The summed E-state index contributed by atoms with van der Waals surface area (Å²) in [7, 11) is 3.24. The second-order valence-corrected chi connectivity index (χ2v) is 6.40. The molecule has 0 amide bonds. The quantitative estimate of drug-likeness (QED) is 0.276. The fourth-order valence-corrected chi connectivity index (χ4v) is 3.68. The van der Waals surface area contributed by atoms with E-state index in [0.717, 1.165) is 0 Å². The molecule has 0 spiro atoms. The maximum absolute atomic E-state index is 12.2. The fourth-order valence-electron chi connectivity index (χ4n) is 3.68. The molecule has 9 nitrogen and oxygen atoms in total. The van der Waals surface area contributed by atoms with Crippen molar-refractivity contribution < 1.29 is 34.3 Å². The summed E-state index contributed by atoms with van der Waals surface area (Å²) in [6.07, 6.45) is -5.58. The molecule has 2 saturated heterocycles. The zero-order valence-corrected chi connectivity index (χ0v) is 19.7. The minimum atomic E-state index is -2.23. The Balaban J connectivity index is 0.00000208. The molecule has 1 saturated carbocycles. The van der Waals surface area contributed by atoms with Crippen LogP contribution in [-0.4, -0.2) is 89.9 Å². The highest BCUT2D eigenvalue weighted by atomic mass is 79.9. The van der Waals surface area contributed by atoms with Gasteiger partial charge in [-0.05, 0) is 21.0 Å². The number of ketones is 1. The number of Topliss-reactive ketones (excluding diaryl/α,β-unsaturated/α-hetero) is 1. The Hall–Kier alpha value is 0.790. The highest BCUT2D eigenvalue weighted by molar-refractivity contribution is 8.93. The maximum atomic E-state index is 12.2. The van der Waals surface area contributed by atoms with E-state index >= 15 is 0 Å². The van der Waals surface area contributed by atoms with E-state index in [4.69, 9.17) is 14.2 Å². The lowest BCUT2D eigenvalue weighted by Crippen LogP contribution is -2.77. The molecular weight excluding hydrogens is 548 g/mol. The van der Waals surface area contributed by atoms with Gasteiger partial charge in [-0.3, -0.25) is 4.79 Å². The Bertz CT molecular complexity index is 491. The van der Waals surface area contributed by atoms with Crippen LogP contribution in [0.15, 0.2) is 0 Å². The minimum Gasteiger partial charge on any atom is -0.390 e. The lowest BCUT2D eigenvalue weighted by atomic mass is 9.80. The van der Waals surface area contributed by atoms with Crippen LogP contribution in [0.1, 0.15) is 13.3 Å². The van der Waals surface area contributed by atoms with Crippen LogP contribution in [0.25, 0.3) is 0 Å². The number of carbonyl (C=O) groups is 1. The van der Waals surface area contributed by atoms with Crippen molar-refractivity contribution in [3.8, 4) is 0 Å². The number of carbonyl (C=O) groups excluding carboxylic acids is 1. The van der Waals surface area contributed by atoms with Crippen molar-refractivity contribution in [3.63, 3.8) is 0 Å². The molecule has 3 rings (SSSR count). The predicted molar refractivity (Wildman–Crippen MR) is 107 cm³/mol. The molecule has 2 heterocycles. The van der Waals surface area contributed by atoms with Crippen LogP contribution in [0, 0.1) is 0 Å². The Morgan fingerprint density at radius 3 is 2.12 bits per heavy atom. The SMILES string of the molecule is Br.Br.Br.CN[C@@H]1[C@H](O)[C@H](NC)[C@H]2O[C@@]3(O)C(=O)C[C@@H](C)O[C@H]3O[C@@H]2[C@H]1O. The number of likely N-dealkylation sites (N-methyl/N-ethyl adjacent to an activating group) is 2. The standard InChI is InChI=1S/C14H24N2O7.3BrH/c1-5-4-6(17)14(20)13(21-5)22-12-10(19)7(15-2)9(18)8(16-3)11(12)23-14;;;/h5,7-13,15-16,18-20H,4H2,1-3H3;3*1H/t5-,7-,8+,9+,10+,11-,12-,13+,14+;;;/m1.../s1. The second-order valence-electron chi connectivity index (χ2n) is 6.40. The summed E-state index contributed by atoms with van der Waals surface area (Å²) in [4.78, 5) is 12.2. The first kappa shape index (κ1) is 26.8. The topological polar surface area (TPSA) is 130 Å². The number of rotatable bonds is 2. The molecule has 3 fully saturated rings. The molecule has 1 aliphatic carbocycles. The third-order valence-corrected chi connectivity index (χ3v) is 4.93. The molecule has 0 radical (unpaired) electrons. The number of aliphatic hydroxyl groups is 3. The summed E-state index contributed by atoms with van der Waals surface area (Å²) >= 11 is 0. The van der Waals surface area contributed by atoms with Gasteiger partial charge in [-0.1, -0.05) is 0 Å². The van der Waals surface area contributed by atoms with Crippen molar-refractivity contribution in [1.29, 1.82) is 0 Å². The summed E-state index contributed by atoms with van der Waals surface area (Å²) in [6, 6.07) is -1.29. The summed E-state index contributed by atoms with van der Waals surface area (Å²) in [5.41, 5.74) is 0. The third-order valence-electron chi connectivity index (χ3n) is 4.93. The van der Waals surface area contributed by atoms with Crippen LogP contribution in [0.5, 0.6) is 0 Å². The summed E-state index contributed by atoms with van der Waals surface area (Å²) in [6.45, 7) is 1.70. The first-order chi connectivity index (χ1) is 10.8. The third kappa shape index (κ3) is 4.20.